The second-order valence-electron chi connectivity index (χ2n) is 4.90. The molecule has 25 heavy (non-hydrogen) atoms. The maximum atomic E-state index is 12.6. The molecule has 1 amide bonds. The first kappa shape index (κ1) is 18.6. The Bertz CT molecular complexity index is 792. The van der Waals surface area contributed by atoms with Crippen LogP contribution in [0.4, 0.5) is 24.5 Å². The Kier molecular flexibility index (Phi) is 5.52. The minimum Gasteiger partial charge on any atom is -0.378 e. The van der Waals surface area contributed by atoms with Gasteiger partial charge in [0.05, 0.1) is 15.5 Å². The Morgan fingerprint density at radius 3 is 2.56 bits per heavy atom. The molecule has 1 aromatic heterocycles. The van der Waals surface area contributed by atoms with Crippen LogP contribution in [0.15, 0.2) is 30.5 Å². The lowest BCUT2D eigenvalue weighted by atomic mass is 10.1. The number of carbonyl (C=O) groups is 1. The summed E-state index contributed by atoms with van der Waals surface area (Å²) in [5.41, 5.74) is -1.64. The van der Waals surface area contributed by atoms with Crippen LogP contribution in [-0.4, -0.2) is 28.9 Å². The molecular formula is C14H12ClF3N4O3. The molecule has 0 bridgehead atoms. The van der Waals surface area contributed by atoms with Crippen LogP contribution in [0.1, 0.15) is 16.1 Å². The van der Waals surface area contributed by atoms with Gasteiger partial charge in [0.15, 0.2) is 0 Å². The maximum Gasteiger partial charge on any atom is 0.416 e. The van der Waals surface area contributed by atoms with Crippen LogP contribution < -0.4 is 10.6 Å². The molecule has 0 radical (unpaired) electrons. The smallest absolute Gasteiger partial charge is 0.378 e. The lowest BCUT2D eigenvalue weighted by Crippen LogP contribution is -2.29. The van der Waals surface area contributed by atoms with E-state index in [2.05, 4.69) is 15.6 Å². The van der Waals surface area contributed by atoms with Crippen LogP contribution in [0.3, 0.4) is 0 Å². The molecule has 1 aromatic carbocycles. The Balaban J connectivity index is 1.96. The zero-order valence-electron chi connectivity index (χ0n) is 12.5. The number of hydrogen-bond donors (Lipinski definition) is 3. The van der Waals surface area contributed by atoms with Crippen molar-refractivity contribution in [3.05, 3.63) is 56.9 Å². The fourth-order valence-electron chi connectivity index (χ4n) is 1.98. The number of benzene rings is 1. The van der Waals surface area contributed by atoms with Gasteiger partial charge in [0, 0.05) is 25.4 Å². The Labute approximate surface area is 144 Å². The number of carbonyl (C=O) groups excluding carboxylic acids is 1. The van der Waals surface area contributed by atoms with Crippen molar-refractivity contribution in [3.8, 4) is 0 Å². The first-order valence-corrected chi connectivity index (χ1v) is 7.28. The van der Waals surface area contributed by atoms with Crippen molar-refractivity contribution >= 4 is 28.9 Å². The quantitative estimate of drug-likeness (QED) is 0.408. The number of nitrogens with one attached hydrogen (secondary N) is 3. The van der Waals surface area contributed by atoms with Crippen molar-refractivity contribution in [2.24, 2.45) is 0 Å². The normalized spacial score (nSPS) is 11.2. The second-order valence-corrected chi connectivity index (χ2v) is 5.34. The van der Waals surface area contributed by atoms with Gasteiger partial charge in [0.25, 0.3) is 11.6 Å². The van der Waals surface area contributed by atoms with Crippen LogP contribution >= 0.6 is 11.6 Å². The summed E-state index contributed by atoms with van der Waals surface area (Å²) in [7, 11) is 0. The fraction of sp³-hybridized carbons (Fsp3) is 0.214. The van der Waals surface area contributed by atoms with Gasteiger partial charge in [0.2, 0.25) is 0 Å². The maximum absolute atomic E-state index is 12.6. The summed E-state index contributed by atoms with van der Waals surface area (Å²) in [6.45, 7) is 0.167. The third-order valence-corrected chi connectivity index (χ3v) is 3.36. The average Bonchev–Trinajstić information content (AvgIpc) is 2.97. The van der Waals surface area contributed by atoms with E-state index in [1.807, 2.05) is 0 Å². The van der Waals surface area contributed by atoms with E-state index < -0.39 is 28.3 Å². The van der Waals surface area contributed by atoms with Crippen molar-refractivity contribution < 1.29 is 22.9 Å². The van der Waals surface area contributed by atoms with E-state index in [0.717, 1.165) is 12.1 Å². The first-order chi connectivity index (χ1) is 11.7. The van der Waals surface area contributed by atoms with Crippen molar-refractivity contribution in [2.75, 3.05) is 18.4 Å². The van der Waals surface area contributed by atoms with Crippen LogP contribution in [0.2, 0.25) is 5.02 Å². The average molecular weight is 377 g/mol. The predicted octanol–water partition coefficient (Wildman–Crippen LogP) is 3.44. The van der Waals surface area contributed by atoms with Crippen LogP contribution in [0, 0.1) is 10.1 Å². The third kappa shape index (κ3) is 4.86. The topological polar surface area (TPSA) is 100 Å². The zero-order valence-corrected chi connectivity index (χ0v) is 13.2. The molecule has 0 saturated heterocycles. The van der Waals surface area contributed by atoms with E-state index in [1.54, 1.807) is 0 Å². The summed E-state index contributed by atoms with van der Waals surface area (Å²) in [4.78, 5) is 24.4. The van der Waals surface area contributed by atoms with Crippen molar-refractivity contribution in [1.82, 2.24) is 10.3 Å². The predicted molar refractivity (Wildman–Crippen MR) is 84.7 cm³/mol. The number of nitro benzene ring substituents is 1. The zero-order chi connectivity index (χ0) is 18.6. The van der Waals surface area contributed by atoms with Gasteiger partial charge in [-0.1, -0.05) is 11.6 Å². The summed E-state index contributed by atoms with van der Waals surface area (Å²) < 4.78 is 37.9. The summed E-state index contributed by atoms with van der Waals surface area (Å²) in [6, 6.07) is 3.61. The molecule has 0 unspecified atom stereocenters. The molecule has 11 heteroatoms. The number of aromatic nitrogens is 1. The Morgan fingerprint density at radius 1 is 1.28 bits per heavy atom. The second kappa shape index (κ2) is 7.43. The number of nitro groups is 1. The van der Waals surface area contributed by atoms with Gasteiger partial charge in [-0.3, -0.25) is 14.9 Å². The summed E-state index contributed by atoms with van der Waals surface area (Å²) in [6.07, 6.45) is -3.24. The van der Waals surface area contributed by atoms with E-state index in [0.29, 0.717) is 11.1 Å². The molecule has 0 spiro atoms. The van der Waals surface area contributed by atoms with Gasteiger partial charge >= 0.3 is 6.18 Å². The molecule has 2 aromatic rings. The molecule has 0 fully saturated rings. The van der Waals surface area contributed by atoms with Gasteiger partial charge < -0.3 is 15.6 Å². The van der Waals surface area contributed by atoms with Crippen LogP contribution in [-0.2, 0) is 6.18 Å². The minimum atomic E-state index is -4.67. The molecule has 1 heterocycles. The lowest BCUT2D eigenvalue weighted by Gasteiger charge is -2.11. The minimum absolute atomic E-state index is 0.0739. The van der Waals surface area contributed by atoms with E-state index in [-0.39, 0.29) is 24.5 Å². The number of rotatable bonds is 6. The SMILES string of the molecule is O=C(NCCNc1ccc(C(F)(F)F)cc1[N+](=O)[O-])c1cc(Cl)c[nH]1. The number of H-pyrrole nitrogens is 1. The Morgan fingerprint density at radius 2 is 2.00 bits per heavy atom. The highest BCUT2D eigenvalue weighted by molar-refractivity contribution is 6.30. The number of anilines is 1. The lowest BCUT2D eigenvalue weighted by molar-refractivity contribution is -0.384. The first-order valence-electron chi connectivity index (χ1n) is 6.90. The molecule has 0 aliphatic rings. The van der Waals surface area contributed by atoms with Crippen molar-refractivity contribution in [1.29, 1.82) is 0 Å². The van der Waals surface area contributed by atoms with E-state index in [4.69, 9.17) is 11.6 Å². The summed E-state index contributed by atoms with van der Waals surface area (Å²) in [5.74, 6) is -0.435. The molecule has 3 N–H and O–H groups in total. The van der Waals surface area contributed by atoms with Crippen molar-refractivity contribution in [2.45, 2.75) is 6.18 Å². The monoisotopic (exact) mass is 376 g/mol. The molecule has 134 valence electrons. The van der Waals surface area contributed by atoms with Gasteiger partial charge in [-0.25, -0.2) is 0 Å². The van der Waals surface area contributed by atoms with E-state index in [9.17, 15) is 28.1 Å². The van der Waals surface area contributed by atoms with Gasteiger partial charge in [-0.2, -0.15) is 13.2 Å². The van der Waals surface area contributed by atoms with Gasteiger partial charge in [-0.05, 0) is 18.2 Å². The molecule has 0 aliphatic heterocycles. The molecule has 0 aliphatic carbocycles. The fourth-order valence-corrected chi connectivity index (χ4v) is 2.14. The van der Waals surface area contributed by atoms with E-state index >= 15 is 0 Å². The van der Waals surface area contributed by atoms with Crippen LogP contribution in [0.25, 0.3) is 0 Å². The van der Waals surface area contributed by atoms with Gasteiger partial charge in [-0.15, -0.1) is 0 Å². The number of halogens is 4. The van der Waals surface area contributed by atoms with Gasteiger partial charge in [0.1, 0.15) is 11.4 Å². The molecule has 0 atom stereocenters. The highest BCUT2D eigenvalue weighted by Gasteiger charge is 2.32. The standard InChI is InChI=1S/C14H12ClF3N4O3/c15-9-6-11(21-7-9)13(23)20-4-3-19-10-2-1-8(14(16,17)18)5-12(10)22(24)25/h1-2,5-7,19,21H,3-4H2,(H,20,23). The van der Waals surface area contributed by atoms with Crippen molar-refractivity contribution in [3.63, 3.8) is 0 Å². The number of alkyl halides is 3. The summed E-state index contributed by atoms with van der Waals surface area (Å²) in [5, 5.41) is 16.5. The molecule has 0 saturated carbocycles. The van der Waals surface area contributed by atoms with Crippen LogP contribution in [0.5, 0.6) is 0 Å². The third-order valence-electron chi connectivity index (χ3n) is 3.14. The number of amides is 1. The summed E-state index contributed by atoms with van der Waals surface area (Å²) >= 11 is 5.67. The number of hydrogen-bond acceptors (Lipinski definition) is 4. The highest BCUT2D eigenvalue weighted by Crippen LogP contribution is 2.34. The van der Waals surface area contributed by atoms with E-state index in [1.165, 1.54) is 12.3 Å². The largest absolute Gasteiger partial charge is 0.416 e. The number of aromatic amines is 1. The molecular weight excluding hydrogens is 365 g/mol. The number of nitrogens with zero attached hydrogens (tertiary/aromatic N) is 1. The molecule has 2 rings (SSSR count). The molecule has 7 nitrogen and oxygen atoms in total. The highest BCUT2D eigenvalue weighted by atomic mass is 35.5. The Hall–Kier alpha value is -2.75.